The van der Waals surface area contributed by atoms with Gasteiger partial charge in [-0.25, -0.2) is 13.1 Å². The second-order valence-corrected chi connectivity index (χ2v) is 7.49. The second-order valence-electron chi connectivity index (χ2n) is 5.71. The quantitative estimate of drug-likeness (QED) is 0.813. The maximum atomic E-state index is 12.7. The van der Waals surface area contributed by atoms with Gasteiger partial charge in [-0.2, -0.15) is 0 Å². The Labute approximate surface area is 131 Å². The van der Waals surface area contributed by atoms with Crippen LogP contribution in [0.4, 0.5) is 0 Å². The van der Waals surface area contributed by atoms with Crippen LogP contribution in [0.5, 0.6) is 0 Å². The number of nitrogens with one attached hydrogen (secondary N) is 1. The summed E-state index contributed by atoms with van der Waals surface area (Å²) in [6.45, 7) is 1.28. The van der Waals surface area contributed by atoms with Gasteiger partial charge in [-0.15, -0.1) is 0 Å². The monoisotopic (exact) mass is 325 g/mol. The van der Waals surface area contributed by atoms with E-state index in [0.29, 0.717) is 13.1 Å². The number of hydrogen-bond donors (Lipinski definition) is 2. The summed E-state index contributed by atoms with van der Waals surface area (Å²) < 4.78 is 25.3. The highest BCUT2D eigenvalue weighted by Crippen LogP contribution is 2.20. The molecule has 1 aromatic rings. The molecule has 0 saturated carbocycles. The minimum atomic E-state index is -3.26. The number of likely N-dealkylation sites (tertiary alicyclic amines) is 1. The van der Waals surface area contributed by atoms with Crippen molar-refractivity contribution in [1.29, 1.82) is 0 Å². The highest BCUT2D eigenvalue weighted by atomic mass is 32.2. The zero-order valence-corrected chi connectivity index (χ0v) is 13.6. The molecule has 1 aromatic carbocycles. The van der Waals surface area contributed by atoms with Crippen LogP contribution in [0.2, 0.25) is 0 Å². The van der Waals surface area contributed by atoms with Gasteiger partial charge in [-0.05, 0) is 18.4 Å². The van der Waals surface area contributed by atoms with Crippen LogP contribution < -0.4 is 10.5 Å². The summed E-state index contributed by atoms with van der Waals surface area (Å²) in [4.78, 5) is 14.4. The first-order valence-corrected chi connectivity index (χ1v) is 9.31. The number of sulfonamides is 1. The smallest absolute Gasteiger partial charge is 0.231 e. The maximum absolute atomic E-state index is 12.7. The Morgan fingerprint density at radius 2 is 2.09 bits per heavy atom. The van der Waals surface area contributed by atoms with Gasteiger partial charge in [-0.3, -0.25) is 4.79 Å². The molecule has 2 atom stereocenters. The SMILES string of the molecule is CS(=O)(=O)N[C@H]1CCCN(C(=O)[C@H](CN)c2ccccc2)C1. The number of nitrogens with zero attached hydrogens (tertiary/aromatic N) is 1. The number of piperidine rings is 1. The predicted molar refractivity (Wildman–Crippen MR) is 85.8 cm³/mol. The third kappa shape index (κ3) is 4.53. The van der Waals surface area contributed by atoms with E-state index < -0.39 is 10.0 Å². The van der Waals surface area contributed by atoms with Gasteiger partial charge in [0.1, 0.15) is 0 Å². The molecule has 0 aliphatic carbocycles. The lowest BCUT2D eigenvalue weighted by atomic mass is 9.96. The average Bonchev–Trinajstić information content (AvgIpc) is 2.47. The first kappa shape index (κ1) is 16.9. The topological polar surface area (TPSA) is 92.5 Å². The van der Waals surface area contributed by atoms with Crippen LogP contribution in [-0.2, 0) is 14.8 Å². The minimum absolute atomic E-state index is 0.0336. The molecule has 0 aromatic heterocycles. The molecule has 1 saturated heterocycles. The number of nitrogens with two attached hydrogens (primary N) is 1. The summed E-state index contributed by atoms with van der Waals surface area (Å²) in [5.74, 6) is -0.410. The number of carbonyl (C=O) groups excluding carboxylic acids is 1. The molecule has 122 valence electrons. The van der Waals surface area contributed by atoms with Crippen molar-refractivity contribution in [3.05, 3.63) is 35.9 Å². The summed E-state index contributed by atoms with van der Waals surface area (Å²) in [5.41, 5.74) is 6.69. The molecule has 6 nitrogen and oxygen atoms in total. The number of carbonyl (C=O) groups is 1. The molecular weight excluding hydrogens is 302 g/mol. The summed E-state index contributed by atoms with van der Waals surface area (Å²) in [6, 6.07) is 9.23. The summed E-state index contributed by atoms with van der Waals surface area (Å²) >= 11 is 0. The average molecular weight is 325 g/mol. The molecular formula is C15H23N3O3S. The molecule has 2 rings (SSSR count). The van der Waals surface area contributed by atoms with E-state index in [0.717, 1.165) is 24.7 Å². The highest BCUT2D eigenvalue weighted by molar-refractivity contribution is 7.88. The molecule has 0 unspecified atom stereocenters. The number of amides is 1. The van der Waals surface area contributed by atoms with Crippen molar-refractivity contribution < 1.29 is 13.2 Å². The molecule has 3 N–H and O–H groups in total. The predicted octanol–water partition coefficient (Wildman–Crippen LogP) is 0.269. The Morgan fingerprint density at radius 3 is 2.68 bits per heavy atom. The number of hydrogen-bond acceptors (Lipinski definition) is 4. The van der Waals surface area contributed by atoms with Crippen molar-refractivity contribution in [2.45, 2.75) is 24.8 Å². The second kappa shape index (κ2) is 7.21. The molecule has 1 aliphatic rings. The largest absolute Gasteiger partial charge is 0.341 e. The van der Waals surface area contributed by atoms with Gasteiger partial charge in [0.2, 0.25) is 15.9 Å². The third-order valence-electron chi connectivity index (χ3n) is 3.85. The summed E-state index contributed by atoms with van der Waals surface area (Å²) in [7, 11) is -3.26. The van der Waals surface area contributed by atoms with E-state index in [2.05, 4.69) is 4.72 Å². The van der Waals surface area contributed by atoms with Crippen molar-refractivity contribution in [3.63, 3.8) is 0 Å². The lowest BCUT2D eigenvalue weighted by molar-refractivity contribution is -0.133. The van der Waals surface area contributed by atoms with Crippen LogP contribution in [0.25, 0.3) is 0 Å². The standard InChI is InChI=1S/C15H23N3O3S/c1-22(20,21)17-13-8-5-9-18(11-13)15(19)14(10-16)12-6-3-2-4-7-12/h2-4,6-7,13-14,17H,5,8-11,16H2,1H3/t13-,14+/m0/s1. The van der Waals surface area contributed by atoms with Crippen LogP contribution in [0.1, 0.15) is 24.3 Å². The zero-order valence-electron chi connectivity index (χ0n) is 12.7. The van der Waals surface area contributed by atoms with Crippen molar-refractivity contribution in [3.8, 4) is 0 Å². The molecule has 0 radical (unpaired) electrons. The van der Waals surface area contributed by atoms with Gasteiger partial charge in [0.15, 0.2) is 0 Å². The van der Waals surface area contributed by atoms with Gasteiger partial charge < -0.3 is 10.6 Å². The first-order chi connectivity index (χ1) is 10.4. The van der Waals surface area contributed by atoms with Gasteiger partial charge >= 0.3 is 0 Å². The fourth-order valence-electron chi connectivity index (χ4n) is 2.86. The van der Waals surface area contributed by atoms with E-state index in [1.165, 1.54) is 0 Å². The molecule has 22 heavy (non-hydrogen) atoms. The van der Waals surface area contributed by atoms with E-state index in [1.807, 2.05) is 30.3 Å². The van der Waals surface area contributed by atoms with Crippen molar-refractivity contribution >= 4 is 15.9 Å². The fraction of sp³-hybridized carbons (Fsp3) is 0.533. The van der Waals surface area contributed by atoms with Gasteiger partial charge in [0.05, 0.1) is 12.2 Å². The van der Waals surface area contributed by atoms with E-state index in [4.69, 9.17) is 5.73 Å². The Kier molecular flexibility index (Phi) is 5.55. The Hall–Kier alpha value is -1.44. The molecule has 0 bridgehead atoms. The molecule has 1 aliphatic heterocycles. The Balaban J connectivity index is 2.07. The molecule has 1 heterocycles. The maximum Gasteiger partial charge on any atom is 0.231 e. The fourth-order valence-corrected chi connectivity index (χ4v) is 3.66. The zero-order chi connectivity index (χ0) is 16.2. The van der Waals surface area contributed by atoms with E-state index in [9.17, 15) is 13.2 Å². The van der Waals surface area contributed by atoms with Crippen molar-refractivity contribution in [1.82, 2.24) is 9.62 Å². The summed E-state index contributed by atoms with van der Waals surface area (Å²) in [5, 5.41) is 0. The molecule has 1 fully saturated rings. The van der Waals surface area contributed by atoms with Crippen LogP contribution in [0, 0.1) is 0 Å². The normalized spacial score (nSPS) is 20.6. The van der Waals surface area contributed by atoms with Crippen molar-refractivity contribution in [2.75, 3.05) is 25.9 Å². The number of benzene rings is 1. The van der Waals surface area contributed by atoms with Crippen molar-refractivity contribution in [2.24, 2.45) is 5.73 Å². The summed E-state index contributed by atoms with van der Waals surface area (Å²) in [6.07, 6.45) is 2.67. The van der Waals surface area contributed by atoms with Crippen LogP contribution in [0.15, 0.2) is 30.3 Å². The minimum Gasteiger partial charge on any atom is -0.341 e. The van der Waals surface area contributed by atoms with Gasteiger partial charge in [-0.1, -0.05) is 30.3 Å². The molecule has 0 spiro atoms. The van der Waals surface area contributed by atoms with E-state index in [-0.39, 0.29) is 24.4 Å². The lowest BCUT2D eigenvalue weighted by Gasteiger charge is -2.34. The lowest BCUT2D eigenvalue weighted by Crippen LogP contribution is -2.51. The Bertz CT molecular complexity index is 604. The van der Waals surface area contributed by atoms with Gasteiger partial charge in [0.25, 0.3) is 0 Å². The third-order valence-corrected chi connectivity index (χ3v) is 4.61. The molecule has 1 amide bonds. The van der Waals surface area contributed by atoms with Gasteiger partial charge in [0, 0.05) is 25.7 Å². The van der Waals surface area contributed by atoms with E-state index >= 15 is 0 Å². The van der Waals surface area contributed by atoms with E-state index in [1.54, 1.807) is 4.90 Å². The number of rotatable bonds is 5. The van der Waals surface area contributed by atoms with Crippen LogP contribution >= 0.6 is 0 Å². The molecule has 7 heteroatoms. The van der Waals surface area contributed by atoms with Crippen LogP contribution in [-0.4, -0.2) is 51.2 Å². The first-order valence-electron chi connectivity index (χ1n) is 7.42. The Morgan fingerprint density at radius 1 is 1.41 bits per heavy atom. The highest BCUT2D eigenvalue weighted by Gasteiger charge is 2.30. The van der Waals surface area contributed by atoms with Crippen LogP contribution in [0.3, 0.4) is 0 Å².